The number of rotatable bonds is 5. The maximum Gasteiger partial charge on any atom is 0.260 e. The second kappa shape index (κ2) is 6.75. The summed E-state index contributed by atoms with van der Waals surface area (Å²) in [5.41, 5.74) is 0. The molecule has 1 aromatic rings. The van der Waals surface area contributed by atoms with E-state index in [2.05, 4.69) is 15.9 Å². The highest BCUT2D eigenvalue weighted by Crippen LogP contribution is 2.34. The molecular weight excluding hydrogens is 372 g/mol. The van der Waals surface area contributed by atoms with E-state index in [9.17, 15) is 13.2 Å². The zero-order valence-electron chi connectivity index (χ0n) is 10.9. The van der Waals surface area contributed by atoms with Crippen molar-refractivity contribution in [1.29, 1.82) is 0 Å². The fourth-order valence-electron chi connectivity index (χ4n) is 1.31. The SMILES string of the molecule is CCN(C)C(=O)COc1c(Cl)cc(Br)cc1S(N)(=O)=O. The summed E-state index contributed by atoms with van der Waals surface area (Å²) < 4.78 is 28.7. The summed E-state index contributed by atoms with van der Waals surface area (Å²) in [6.45, 7) is 1.99. The summed E-state index contributed by atoms with van der Waals surface area (Å²) in [6.07, 6.45) is 0. The number of hydrogen-bond donors (Lipinski definition) is 1. The molecule has 0 unspecified atom stereocenters. The molecule has 0 aliphatic rings. The fourth-order valence-corrected chi connectivity index (χ4v) is 3.10. The highest BCUT2D eigenvalue weighted by Gasteiger charge is 2.21. The van der Waals surface area contributed by atoms with Gasteiger partial charge in [0.25, 0.3) is 5.91 Å². The molecule has 1 amide bonds. The van der Waals surface area contributed by atoms with Crippen LogP contribution in [-0.2, 0) is 14.8 Å². The van der Waals surface area contributed by atoms with E-state index in [0.29, 0.717) is 11.0 Å². The van der Waals surface area contributed by atoms with E-state index in [0.717, 1.165) is 0 Å². The maximum atomic E-state index is 11.7. The van der Waals surface area contributed by atoms with Crippen LogP contribution in [0.2, 0.25) is 5.02 Å². The van der Waals surface area contributed by atoms with Gasteiger partial charge in [0.1, 0.15) is 4.90 Å². The molecule has 1 rings (SSSR count). The van der Waals surface area contributed by atoms with Crippen molar-refractivity contribution in [3.05, 3.63) is 21.6 Å². The molecule has 0 aromatic heterocycles. The van der Waals surface area contributed by atoms with Gasteiger partial charge in [-0.25, -0.2) is 13.6 Å². The lowest BCUT2D eigenvalue weighted by atomic mass is 10.3. The number of carbonyl (C=O) groups excluding carboxylic acids is 1. The van der Waals surface area contributed by atoms with E-state index in [1.165, 1.54) is 17.0 Å². The van der Waals surface area contributed by atoms with Crippen LogP contribution in [0.5, 0.6) is 5.75 Å². The first kappa shape index (κ1) is 17.2. The average Bonchev–Trinajstić information content (AvgIpc) is 2.34. The van der Waals surface area contributed by atoms with Crippen LogP contribution in [-0.4, -0.2) is 39.4 Å². The minimum absolute atomic E-state index is 0.0513. The second-order valence-electron chi connectivity index (χ2n) is 3.96. The molecule has 2 N–H and O–H groups in total. The van der Waals surface area contributed by atoms with Gasteiger partial charge in [-0.3, -0.25) is 4.79 Å². The van der Waals surface area contributed by atoms with Crippen LogP contribution in [0.3, 0.4) is 0 Å². The van der Waals surface area contributed by atoms with Crippen LogP contribution in [0.1, 0.15) is 6.92 Å². The number of sulfonamides is 1. The number of halogens is 2. The van der Waals surface area contributed by atoms with E-state index >= 15 is 0 Å². The Kier molecular flexibility index (Phi) is 5.81. The van der Waals surface area contributed by atoms with Crippen LogP contribution in [0.15, 0.2) is 21.5 Å². The lowest BCUT2D eigenvalue weighted by Gasteiger charge is -2.16. The number of benzene rings is 1. The van der Waals surface area contributed by atoms with Gasteiger partial charge in [0.05, 0.1) is 5.02 Å². The number of nitrogens with zero attached hydrogens (tertiary/aromatic N) is 1. The second-order valence-corrected chi connectivity index (χ2v) is 6.81. The summed E-state index contributed by atoms with van der Waals surface area (Å²) in [6, 6.07) is 2.73. The summed E-state index contributed by atoms with van der Waals surface area (Å²) >= 11 is 9.06. The molecule has 0 spiro atoms. The highest BCUT2D eigenvalue weighted by molar-refractivity contribution is 9.10. The first-order chi connectivity index (χ1) is 9.16. The zero-order valence-corrected chi connectivity index (χ0v) is 14.0. The minimum Gasteiger partial charge on any atom is -0.481 e. The van der Waals surface area contributed by atoms with Crippen molar-refractivity contribution in [2.45, 2.75) is 11.8 Å². The maximum absolute atomic E-state index is 11.7. The Labute approximate surface area is 131 Å². The minimum atomic E-state index is -4.02. The largest absolute Gasteiger partial charge is 0.481 e. The Balaban J connectivity index is 3.09. The van der Waals surface area contributed by atoms with E-state index < -0.39 is 10.0 Å². The quantitative estimate of drug-likeness (QED) is 0.834. The normalized spacial score (nSPS) is 11.2. The lowest BCUT2D eigenvalue weighted by Crippen LogP contribution is -2.31. The molecule has 9 heteroatoms. The van der Waals surface area contributed by atoms with Gasteiger partial charge in [-0.15, -0.1) is 0 Å². The number of hydrogen-bond acceptors (Lipinski definition) is 4. The molecule has 1 aromatic carbocycles. The van der Waals surface area contributed by atoms with Gasteiger partial charge in [0.15, 0.2) is 12.4 Å². The van der Waals surface area contributed by atoms with E-state index in [-0.39, 0.29) is 28.2 Å². The summed E-state index contributed by atoms with van der Waals surface area (Å²) in [5, 5.41) is 5.16. The average molecular weight is 386 g/mol. The fraction of sp³-hybridized carbons (Fsp3) is 0.364. The molecule has 20 heavy (non-hydrogen) atoms. The standard InChI is InChI=1S/C11H14BrClN2O4S/c1-3-15(2)10(16)6-19-11-8(13)4-7(12)5-9(11)20(14,17)18/h4-5H,3,6H2,1-2H3,(H2,14,17,18). The Morgan fingerprint density at radius 3 is 2.60 bits per heavy atom. The Bertz CT molecular complexity index is 621. The van der Waals surface area contributed by atoms with Crippen LogP contribution in [0.25, 0.3) is 0 Å². The number of carbonyl (C=O) groups is 1. The molecule has 0 bridgehead atoms. The summed E-state index contributed by atoms with van der Waals surface area (Å²) in [4.78, 5) is 12.8. The summed E-state index contributed by atoms with van der Waals surface area (Å²) in [5.74, 6) is -0.429. The van der Waals surface area contributed by atoms with Crippen LogP contribution >= 0.6 is 27.5 Å². The van der Waals surface area contributed by atoms with Crippen molar-refractivity contribution in [2.24, 2.45) is 5.14 Å². The molecule has 0 atom stereocenters. The van der Waals surface area contributed by atoms with Crippen molar-refractivity contribution in [2.75, 3.05) is 20.2 Å². The Morgan fingerprint density at radius 1 is 1.50 bits per heavy atom. The van der Waals surface area contributed by atoms with E-state index in [1.807, 2.05) is 0 Å². The van der Waals surface area contributed by atoms with E-state index in [1.54, 1.807) is 14.0 Å². The van der Waals surface area contributed by atoms with E-state index in [4.69, 9.17) is 21.5 Å². The van der Waals surface area contributed by atoms with Crippen molar-refractivity contribution in [1.82, 2.24) is 4.90 Å². The number of ether oxygens (including phenoxy) is 1. The molecule has 0 fully saturated rings. The third kappa shape index (κ3) is 4.34. The molecule has 0 aliphatic heterocycles. The summed E-state index contributed by atoms with van der Waals surface area (Å²) in [7, 11) is -2.41. The molecule has 0 heterocycles. The third-order valence-electron chi connectivity index (χ3n) is 2.52. The van der Waals surface area contributed by atoms with Crippen LogP contribution in [0, 0.1) is 0 Å². The van der Waals surface area contributed by atoms with Gasteiger partial charge in [0, 0.05) is 18.1 Å². The highest BCUT2D eigenvalue weighted by atomic mass is 79.9. The smallest absolute Gasteiger partial charge is 0.260 e. The monoisotopic (exact) mass is 384 g/mol. The van der Waals surface area contributed by atoms with Gasteiger partial charge in [0.2, 0.25) is 10.0 Å². The van der Waals surface area contributed by atoms with Gasteiger partial charge in [-0.1, -0.05) is 27.5 Å². The predicted octanol–water partition coefficient (Wildman–Crippen LogP) is 1.61. The van der Waals surface area contributed by atoms with Crippen LogP contribution in [0.4, 0.5) is 0 Å². The first-order valence-corrected chi connectivity index (χ1v) is 8.27. The van der Waals surface area contributed by atoms with Crippen molar-refractivity contribution in [3.8, 4) is 5.75 Å². The molecule has 112 valence electrons. The topological polar surface area (TPSA) is 89.7 Å². The number of likely N-dealkylation sites (N-methyl/N-ethyl adjacent to an activating group) is 1. The van der Waals surface area contributed by atoms with Crippen molar-refractivity contribution in [3.63, 3.8) is 0 Å². The number of amides is 1. The predicted molar refractivity (Wildman–Crippen MR) is 79.3 cm³/mol. The zero-order chi connectivity index (χ0) is 15.5. The molecule has 0 radical (unpaired) electrons. The van der Waals surface area contributed by atoms with Gasteiger partial charge >= 0.3 is 0 Å². The van der Waals surface area contributed by atoms with Gasteiger partial charge in [-0.2, -0.15) is 0 Å². The van der Waals surface area contributed by atoms with Crippen molar-refractivity contribution >= 4 is 43.5 Å². The van der Waals surface area contributed by atoms with Gasteiger partial charge in [-0.05, 0) is 19.1 Å². The van der Waals surface area contributed by atoms with Crippen LogP contribution < -0.4 is 9.88 Å². The van der Waals surface area contributed by atoms with Crippen molar-refractivity contribution < 1.29 is 17.9 Å². The first-order valence-electron chi connectivity index (χ1n) is 5.55. The lowest BCUT2D eigenvalue weighted by molar-refractivity contribution is -0.131. The third-order valence-corrected chi connectivity index (χ3v) is 4.18. The molecule has 0 aliphatic carbocycles. The molecule has 0 saturated heterocycles. The Hall–Kier alpha value is -0.830. The number of primary sulfonamides is 1. The molecular formula is C11H14BrClN2O4S. The van der Waals surface area contributed by atoms with Gasteiger partial charge < -0.3 is 9.64 Å². The molecule has 6 nitrogen and oxygen atoms in total. The molecule has 0 saturated carbocycles. The Morgan fingerprint density at radius 2 is 2.10 bits per heavy atom. The number of nitrogens with two attached hydrogens (primary N) is 1.